The summed E-state index contributed by atoms with van der Waals surface area (Å²) in [4.78, 5) is 7.90. The molecule has 0 aliphatic rings. The van der Waals surface area contributed by atoms with Crippen LogP contribution in [0.3, 0.4) is 0 Å². The van der Waals surface area contributed by atoms with Gasteiger partial charge in [-0.3, -0.25) is 4.98 Å². The number of hydrogen-bond donors (Lipinski definition) is 1. The molecule has 0 aliphatic carbocycles. The van der Waals surface area contributed by atoms with Gasteiger partial charge in [-0.15, -0.1) is 0 Å². The van der Waals surface area contributed by atoms with E-state index in [1.54, 1.807) is 7.05 Å². The summed E-state index contributed by atoms with van der Waals surface area (Å²) in [5.41, 5.74) is 0.901. The minimum absolute atomic E-state index is 0.0318. The summed E-state index contributed by atoms with van der Waals surface area (Å²) in [7, 11) is 1.59. The molecule has 2 heterocycles. The van der Waals surface area contributed by atoms with E-state index in [1.807, 2.05) is 0 Å². The maximum absolute atomic E-state index is 13.7. The smallest absolute Gasteiger partial charge is 0.161 e. The lowest BCUT2D eigenvalue weighted by Gasteiger charge is -2.07. The SMILES string of the molecule is Cn1c(-c2cncc(F)c2CO)nc2cc(F)c(F)cc21. The number of rotatable bonds is 2. The number of nitrogens with zero attached hydrogens (tertiary/aromatic N) is 3. The zero-order valence-corrected chi connectivity index (χ0v) is 10.9. The van der Waals surface area contributed by atoms with Gasteiger partial charge >= 0.3 is 0 Å². The van der Waals surface area contributed by atoms with Crippen molar-refractivity contribution in [1.29, 1.82) is 0 Å². The van der Waals surface area contributed by atoms with E-state index in [0.29, 0.717) is 5.52 Å². The van der Waals surface area contributed by atoms with Crippen molar-refractivity contribution in [2.75, 3.05) is 0 Å². The van der Waals surface area contributed by atoms with Crippen molar-refractivity contribution in [1.82, 2.24) is 14.5 Å². The van der Waals surface area contributed by atoms with Gasteiger partial charge in [0.1, 0.15) is 11.6 Å². The minimum Gasteiger partial charge on any atom is -0.392 e. The molecule has 0 amide bonds. The molecule has 0 bridgehead atoms. The van der Waals surface area contributed by atoms with Crippen LogP contribution in [0.15, 0.2) is 24.5 Å². The molecule has 3 rings (SSSR count). The standard InChI is InChI=1S/C14H10F3N3O/c1-20-13-3-10(16)9(15)2-12(13)19-14(20)7-4-18-5-11(17)8(7)6-21/h2-5,21H,6H2,1H3. The van der Waals surface area contributed by atoms with Gasteiger partial charge in [-0.1, -0.05) is 0 Å². The monoisotopic (exact) mass is 293 g/mol. The van der Waals surface area contributed by atoms with Crippen molar-refractivity contribution in [3.8, 4) is 11.4 Å². The van der Waals surface area contributed by atoms with Gasteiger partial charge in [0.15, 0.2) is 11.6 Å². The summed E-state index contributed by atoms with van der Waals surface area (Å²) < 4.78 is 41.8. The average Bonchev–Trinajstić information content (AvgIpc) is 2.76. The van der Waals surface area contributed by atoms with Crippen molar-refractivity contribution < 1.29 is 18.3 Å². The summed E-state index contributed by atoms with van der Waals surface area (Å²) in [6.45, 7) is -0.532. The van der Waals surface area contributed by atoms with Gasteiger partial charge in [0.25, 0.3) is 0 Å². The first-order chi connectivity index (χ1) is 10.0. The van der Waals surface area contributed by atoms with Crippen LogP contribution in [0, 0.1) is 17.5 Å². The third-order valence-corrected chi connectivity index (χ3v) is 3.33. The number of aliphatic hydroxyl groups is 1. The Labute approximate surface area is 117 Å². The van der Waals surface area contributed by atoms with Crippen LogP contribution in [0.4, 0.5) is 13.2 Å². The number of benzene rings is 1. The molecular formula is C14H10F3N3O. The lowest BCUT2D eigenvalue weighted by atomic mass is 10.1. The number of aromatic nitrogens is 3. The highest BCUT2D eigenvalue weighted by molar-refractivity contribution is 5.81. The second-order valence-corrected chi connectivity index (χ2v) is 4.56. The first-order valence-electron chi connectivity index (χ1n) is 6.08. The molecule has 0 saturated carbocycles. The normalized spacial score (nSPS) is 11.3. The topological polar surface area (TPSA) is 50.9 Å². The van der Waals surface area contributed by atoms with E-state index in [2.05, 4.69) is 9.97 Å². The molecule has 0 fully saturated rings. The summed E-state index contributed by atoms with van der Waals surface area (Å²) in [5.74, 6) is -2.39. The molecule has 2 aromatic heterocycles. The highest BCUT2D eigenvalue weighted by Crippen LogP contribution is 2.28. The molecule has 0 unspecified atom stereocenters. The molecule has 0 spiro atoms. The number of hydrogen-bond acceptors (Lipinski definition) is 3. The Morgan fingerprint density at radius 3 is 2.52 bits per heavy atom. The van der Waals surface area contributed by atoms with E-state index < -0.39 is 24.1 Å². The molecule has 0 saturated heterocycles. The fourth-order valence-electron chi connectivity index (χ4n) is 2.24. The van der Waals surface area contributed by atoms with Crippen molar-refractivity contribution in [3.63, 3.8) is 0 Å². The number of fused-ring (bicyclic) bond motifs is 1. The van der Waals surface area contributed by atoms with Crippen LogP contribution >= 0.6 is 0 Å². The molecule has 0 atom stereocenters. The lowest BCUT2D eigenvalue weighted by Crippen LogP contribution is -2.00. The number of aryl methyl sites for hydroxylation is 1. The molecular weight excluding hydrogens is 283 g/mol. The van der Waals surface area contributed by atoms with E-state index in [0.717, 1.165) is 18.3 Å². The van der Waals surface area contributed by atoms with Gasteiger partial charge in [-0.05, 0) is 0 Å². The van der Waals surface area contributed by atoms with Crippen LogP contribution < -0.4 is 0 Å². The fourth-order valence-corrected chi connectivity index (χ4v) is 2.24. The van der Waals surface area contributed by atoms with Crippen molar-refractivity contribution in [3.05, 3.63) is 47.5 Å². The van der Waals surface area contributed by atoms with Crippen LogP contribution in [0.1, 0.15) is 5.56 Å². The highest BCUT2D eigenvalue weighted by Gasteiger charge is 2.18. The number of aliphatic hydroxyl groups excluding tert-OH is 1. The predicted molar refractivity (Wildman–Crippen MR) is 69.7 cm³/mol. The van der Waals surface area contributed by atoms with Crippen LogP contribution in [0.2, 0.25) is 0 Å². The van der Waals surface area contributed by atoms with Crippen molar-refractivity contribution in [2.45, 2.75) is 6.61 Å². The number of halogens is 3. The average molecular weight is 293 g/mol. The van der Waals surface area contributed by atoms with Crippen molar-refractivity contribution >= 4 is 11.0 Å². The van der Waals surface area contributed by atoms with E-state index in [1.165, 1.54) is 10.8 Å². The molecule has 4 nitrogen and oxygen atoms in total. The second kappa shape index (κ2) is 4.85. The maximum atomic E-state index is 13.7. The van der Waals surface area contributed by atoms with E-state index in [-0.39, 0.29) is 22.5 Å². The maximum Gasteiger partial charge on any atom is 0.161 e. The first-order valence-corrected chi connectivity index (χ1v) is 6.08. The zero-order chi connectivity index (χ0) is 15.1. The predicted octanol–water partition coefficient (Wildman–Crippen LogP) is 2.54. The van der Waals surface area contributed by atoms with E-state index in [9.17, 15) is 18.3 Å². The summed E-state index contributed by atoms with van der Waals surface area (Å²) in [5, 5.41) is 9.29. The molecule has 1 N–H and O–H groups in total. The Bertz CT molecular complexity index is 845. The Morgan fingerprint density at radius 2 is 1.81 bits per heavy atom. The van der Waals surface area contributed by atoms with Gasteiger partial charge in [-0.2, -0.15) is 0 Å². The van der Waals surface area contributed by atoms with Gasteiger partial charge in [0.2, 0.25) is 0 Å². The van der Waals surface area contributed by atoms with Crippen molar-refractivity contribution in [2.24, 2.45) is 7.05 Å². The zero-order valence-electron chi connectivity index (χ0n) is 10.9. The Morgan fingerprint density at radius 1 is 1.10 bits per heavy atom. The fraction of sp³-hybridized carbons (Fsp3) is 0.143. The summed E-state index contributed by atoms with van der Waals surface area (Å²) in [6, 6.07) is 1.99. The first kappa shape index (κ1) is 13.6. The van der Waals surface area contributed by atoms with Crippen LogP contribution in [-0.2, 0) is 13.7 Å². The summed E-state index contributed by atoms with van der Waals surface area (Å²) >= 11 is 0. The molecule has 3 aromatic rings. The van der Waals surface area contributed by atoms with Crippen LogP contribution in [-0.4, -0.2) is 19.6 Å². The molecule has 0 aliphatic heterocycles. The Kier molecular flexibility index (Phi) is 3.13. The molecule has 21 heavy (non-hydrogen) atoms. The Hall–Kier alpha value is -2.41. The Balaban J connectivity index is 2.31. The molecule has 7 heteroatoms. The largest absolute Gasteiger partial charge is 0.392 e. The van der Waals surface area contributed by atoms with Crippen LogP contribution in [0.5, 0.6) is 0 Å². The third-order valence-electron chi connectivity index (χ3n) is 3.33. The number of imidazole rings is 1. The van der Waals surface area contributed by atoms with E-state index in [4.69, 9.17) is 0 Å². The van der Waals surface area contributed by atoms with Gasteiger partial charge in [0.05, 0.1) is 23.8 Å². The number of pyridine rings is 1. The highest BCUT2D eigenvalue weighted by atomic mass is 19.2. The van der Waals surface area contributed by atoms with Gasteiger partial charge in [0, 0.05) is 36.5 Å². The quantitative estimate of drug-likeness (QED) is 0.790. The molecule has 108 valence electrons. The molecule has 0 radical (unpaired) electrons. The second-order valence-electron chi connectivity index (χ2n) is 4.56. The summed E-state index contributed by atoms with van der Waals surface area (Å²) in [6.07, 6.45) is 2.33. The van der Waals surface area contributed by atoms with Gasteiger partial charge in [-0.25, -0.2) is 18.2 Å². The van der Waals surface area contributed by atoms with E-state index >= 15 is 0 Å². The van der Waals surface area contributed by atoms with Gasteiger partial charge < -0.3 is 9.67 Å². The molecule has 1 aromatic carbocycles. The minimum atomic E-state index is -1.01. The lowest BCUT2D eigenvalue weighted by molar-refractivity contribution is 0.276. The van der Waals surface area contributed by atoms with Crippen LogP contribution in [0.25, 0.3) is 22.4 Å². The third kappa shape index (κ3) is 2.06.